The molecule has 1 amide bonds. The Labute approximate surface area is 112 Å². The van der Waals surface area contributed by atoms with Crippen molar-refractivity contribution in [1.82, 2.24) is 15.0 Å². The van der Waals surface area contributed by atoms with Crippen LogP contribution >= 0.6 is 0 Å². The van der Waals surface area contributed by atoms with Gasteiger partial charge in [-0.05, 0) is 18.6 Å². The van der Waals surface area contributed by atoms with Crippen LogP contribution in [0.1, 0.15) is 19.8 Å². The van der Waals surface area contributed by atoms with E-state index in [-0.39, 0.29) is 29.6 Å². The number of sulfonamides is 1. The molecule has 0 aliphatic heterocycles. The Morgan fingerprint density at radius 3 is 2.79 bits per heavy atom. The zero-order chi connectivity index (χ0) is 14.3. The largest absolute Gasteiger partial charge is 0.396 e. The summed E-state index contributed by atoms with van der Waals surface area (Å²) in [6.45, 7) is 2.53. The number of nitrogens with zero attached hydrogens (tertiary/aromatic N) is 1. The number of aromatic nitrogens is 1. The number of carbonyl (C=O) groups excluding carboxylic acids is 1. The smallest absolute Gasteiger partial charge is 0.260 e. The zero-order valence-electron chi connectivity index (χ0n) is 10.7. The number of nitrogen functional groups attached to an aromatic ring is 1. The molecule has 1 aromatic heterocycles. The summed E-state index contributed by atoms with van der Waals surface area (Å²) >= 11 is 0. The number of amides is 1. The highest BCUT2D eigenvalue weighted by Crippen LogP contribution is 2.13. The van der Waals surface area contributed by atoms with Gasteiger partial charge in [-0.1, -0.05) is 6.92 Å². The van der Waals surface area contributed by atoms with Crippen LogP contribution in [0.2, 0.25) is 0 Å². The molecule has 0 bridgehead atoms. The molecule has 0 aliphatic rings. The second-order valence-electron chi connectivity index (χ2n) is 3.90. The number of hydrogen-bond acceptors (Lipinski definition) is 5. The van der Waals surface area contributed by atoms with Gasteiger partial charge < -0.3 is 11.1 Å². The quantitative estimate of drug-likeness (QED) is 0.645. The predicted molar refractivity (Wildman–Crippen MR) is 71.8 cm³/mol. The monoisotopic (exact) mass is 286 g/mol. The number of rotatable bonds is 7. The van der Waals surface area contributed by atoms with Crippen molar-refractivity contribution < 1.29 is 13.2 Å². The van der Waals surface area contributed by atoms with Gasteiger partial charge in [0.1, 0.15) is 0 Å². The van der Waals surface area contributed by atoms with Crippen LogP contribution < -0.4 is 15.8 Å². The van der Waals surface area contributed by atoms with Crippen LogP contribution in [-0.2, 0) is 14.8 Å². The number of carbonyl (C=O) groups is 1. The molecule has 7 nitrogen and oxygen atoms in total. The second kappa shape index (κ2) is 7.05. The van der Waals surface area contributed by atoms with Gasteiger partial charge in [0.25, 0.3) is 10.0 Å². The topological polar surface area (TPSA) is 114 Å². The van der Waals surface area contributed by atoms with Crippen molar-refractivity contribution in [1.29, 1.82) is 0 Å². The van der Waals surface area contributed by atoms with Gasteiger partial charge >= 0.3 is 0 Å². The molecule has 0 radical (unpaired) electrons. The average Bonchev–Trinajstić information content (AvgIpc) is 2.36. The Kier molecular flexibility index (Phi) is 5.71. The molecule has 0 unspecified atom stereocenters. The minimum Gasteiger partial charge on any atom is -0.396 e. The first kappa shape index (κ1) is 15.4. The average molecular weight is 286 g/mol. The second-order valence-corrected chi connectivity index (χ2v) is 5.58. The van der Waals surface area contributed by atoms with E-state index in [1.165, 1.54) is 12.3 Å². The molecule has 0 saturated heterocycles. The lowest BCUT2D eigenvalue weighted by molar-refractivity contribution is -0.120. The lowest BCUT2D eigenvalue weighted by atomic mass is 10.4. The fourth-order valence-corrected chi connectivity index (χ4v) is 2.43. The Hall–Kier alpha value is -1.67. The van der Waals surface area contributed by atoms with Crippen LogP contribution in [-0.4, -0.2) is 32.4 Å². The minimum absolute atomic E-state index is 0.00783. The van der Waals surface area contributed by atoms with Crippen LogP contribution in [0.15, 0.2) is 23.4 Å². The molecule has 8 heteroatoms. The van der Waals surface area contributed by atoms with E-state index < -0.39 is 10.0 Å². The van der Waals surface area contributed by atoms with Gasteiger partial charge in [0, 0.05) is 25.7 Å². The van der Waals surface area contributed by atoms with E-state index in [4.69, 9.17) is 5.73 Å². The van der Waals surface area contributed by atoms with Gasteiger partial charge in [-0.15, -0.1) is 0 Å². The number of nitrogens with two attached hydrogens (primary N) is 1. The number of nitrogens with one attached hydrogen (secondary N) is 2. The van der Waals surface area contributed by atoms with E-state index in [1.807, 2.05) is 6.92 Å². The fourth-order valence-electron chi connectivity index (χ4n) is 1.35. The molecule has 0 aliphatic carbocycles. The van der Waals surface area contributed by atoms with Gasteiger partial charge in [-0.2, -0.15) is 0 Å². The van der Waals surface area contributed by atoms with Crippen LogP contribution in [0.25, 0.3) is 0 Å². The van der Waals surface area contributed by atoms with Crippen LogP contribution in [0.3, 0.4) is 0 Å². The van der Waals surface area contributed by atoms with Crippen molar-refractivity contribution in [3.63, 3.8) is 0 Å². The molecule has 0 saturated carbocycles. The Morgan fingerprint density at radius 2 is 2.16 bits per heavy atom. The summed E-state index contributed by atoms with van der Waals surface area (Å²) in [5.74, 6) is -0.196. The zero-order valence-corrected chi connectivity index (χ0v) is 11.5. The molecule has 0 spiro atoms. The SMILES string of the molecule is CCCNC(=O)CCNS(=O)(=O)c1ncccc1N. The van der Waals surface area contributed by atoms with Gasteiger partial charge in [0.05, 0.1) is 5.69 Å². The van der Waals surface area contributed by atoms with Crippen LogP contribution in [0, 0.1) is 0 Å². The van der Waals surface area contributed by atoms with Gasteiger partial charge in [-0.25, -0.2) is 18.1 Å². The maximum absolute atomic E-state index is 11.9. The molecule has 1 rings (SSSR count). The summed E-state index contributed by atoms with van der Waals surface area (Å²) in [7, 11) is -3.77. The molecule has 0 atom stereocenters. The first-order valence-electron chi connectivity index (χ1n) is 5.94. The van der Waals surface area contributed by atoms with E-state index in [1.54, 1.807) is 6.07 Å². The molecule has 106 valence electrons. The lowest BCUT2D eigenvalue weighted by Gasteiger charge is -2.08. The molecular weight excluding hydrogens is 268 g/mol. The molecule has 1 aromatic rings. The first-order chi connectivity index (χ1) is 8.97. The van der Waals surface area contributed by atoms with Crippen LogP contribution in [0.5, 0.6) is 0 Å². The highest BCUT2D eigenvalue weighted by Gasteiger charge is 2.18. The summed E-state index contributed by atoms with van der Waals surface area (Å²) < 4.78 is 26.0. The van der Waals surface area contributed by atoms with Crippen LogP contribution in [0.4, 0.5) is 5.69 Å². The Bertz CT molecular complexity index is 530. The van der Waals surface area contributed by atoms with Crippen molar-refractivity contribution in [2.45, 2.75) is 24.8 Å². The third-order valence-electron chi connectivity index (χ3n) is 2.27. The Morgan fingerprint density at radius 1 is 1.42 bits per heavy atom. The van der Waals surface area contributed by atoms with Crippen molar-refractivity contribution in [2.24, 2.45) is 0 Å². The fraction of sp³-hybridized carbons (Fsp3) is 0.455. The molecule has 0 aromatic carbocycles. The predicted octanol–water partition coefficient (Wildman–Crippen LogP) is -0.142. The lowest BCUT2D eigenvalue weighted by Crippen LogP contribution is -2.31. The normalized spacial score (nSPS) is 11.2. The van der Waals surface area contributed by atoms with Crippen molar-refractivity contribution in [3.05, 3.63) is 18.3 Å². The molecule has 4 N–H and O–H groups in total. The standard InChI is InChI=1S/C11H18N4O3S/c1-2-6-13-10(16)5-8-15-19(17,18)11-9(12)4-3-7-14-11/h3-4,7,15H,2,5-6,8,12H2,1H3,(H,13,16). The van der Waals surface area contributed by atoms with E-state index in [0.29, 0.717) is 6.54 Å². The molecular formula is C11H18N4O3S. The number of hydrogen-bond donors (Lipinski definition) is 3. The summed E-state index contributed by atoms with van der Waals surface area (Å²) in [5, 5.41) is 2.44. The van der Waals surface area contributed by atoms with E-state index in [2.05, 4.69) is 15.0 Å². The third-order valence-corrected chi connectivity index (χ3v) is 3.71. The summed E-state index contributed by atoms with van der Waals surface area (Å²) in [4.78, 5) is 15.0. The summed E-state index contributed by atoms with van der Waals surface area (Å²) in [6.07, 6.45) is 2.26. The first-order valence-corrected chi connectivity index (χ1v) is 7.42. The summed E-state index contributed by atoms with van der Waals surface area (Å²) in [6, 6.07) is 3.00. The Balaban J connectivity index is 2.53. The number of pyridine rings is 1. The van der Waals surface area contributed by atoms with Gasteiger partial charge in [0.15, 0.2) is 5.03 Å². The van der Waals surface area contributed by atoms with Crippen molar-refractivity contribution in [2.75, 3.05) is 18.8 Å². The van der Waals surface area contributed by atoms with Crippen molar-refractivity contribution in [3.8, 4) is 0 Å². The minimum atomic E-state index is -3.77. The van der Waals surface area contributed by atoms with Gasteiger partial charge in [0.2, 0.25) is 5.91 Å². The molecule has 19 heavy (non-hydrogen) atoms. The third kappa shape index (κ3) is 4.84. The van der Waals surface area contributed by atoms with E-state index in [0.717, 1.165) is 6.42 Å². The van der Waals surface area contributed by atoms with E-state index in [9.17, 15) is 13.2 Å². The highest BCUT2D eigenvalue weighted by atomic mass is 32.2. The van der Waals surface area contributed by atoms with Crippen molar-refractivity contribution >= 4 is 21.6 Å². The number of anilines is 1. The highest BCUT2D eigenvalue weighted by molar-refractivity contribution is 7.89. The molecule has 1 heterocycles. The maximum Gasteiger partial charge on any atom is 0.260 e. The van der Waals surface area contributed by atoms with Gasteiger partial charge in [-0.3, -0.25) is 4.79 Å². The van der Waals surface area contributed by atoms with E-state index >= 15 is 0 Å². The molecule has 0 fully saturated rings. The maximum atomic E-state index is 11.9. The summed E-state index contributed by atoms with van der Waals surface area (Å²) in [5.41, 5.74) is 5.62.